The molecule has 2 aliphatic heterocycles. The first kappa shape index (κ1) is 16.8. The molecule has 1 saturated heterocycles. The van der Waals surface area contributed by atoms with Gasteiger partial charge in [0.2, 0.25) is 11.8 Å². The maximum Gasteiger partial charge on any atom is 0.230 e. The van der Waals surface area contributed by atoms with Gasteiger partial charge >= 0.3 is 0 Å². The monoisotopic (exact) mass is 372 g/mol. The highest BCUT2D eigenvalue weighted by Gasteiger charge is 2.35. The second-order valence-electron chi connectivity index (χ2n) is 6.39. The van der Waals surface area contributed by atoms with Crippen molar-refractivity contribution < 1.29 is 14.3 Å². The molecule has 0 aliphatic carbocycles. The summed E-state index contributed by atoms with van der Waals surface area (Å²) >= 11 is 1.61. The lowest BCUT2D eigenvalue weighted by Gasteiger charge is -2.37. The molecule has 1 atom stereocenters. The number of carbonyl (C=O) groups excluding carboxylic acids is 2. The molecule has 2 aliphatic rings. The summed E-state index contributed by atoms with van der Waals surface area (Å²) in [6.45, 7) is 2.78. The number of carbonyl (C=O) groups is 2. The normalized spacial score (nSPS) is 19.7. The number of ether oxygens (including phenoxy) is 1. The van der Waals surface area contributed by atoms with Crippen LogP contribution in [0.15, 0.2) is 29.8 Å². The minimum atomic E-state index is -0.458. The molecule has 4 rings (SSSR count). The summed E-state index contributed by atoms with van der Waals surface area (Å²) in [4.78, 5) is 33.6. The van der Waals surface area contributed by atoms with Crippen molar-refractivity contribution in [2.45, 2.75) is 12.3 Å². The molecule has 0 unspecified atom stereocenters. The molecule has 0 saturated carbocycles. The smallest absolute Gasteiger partial charge is 0.230 e. The molecule has 0 radical (unpaired) electrons. The van der Waals surface area contributed by atoms with E-state index in [2.05, 4.69) is 15.2 Å². The number of anilines is 2. The minimum absolute atomic E-state index is 0.00754. The zero-order valence-electron chi connectivity index (χ0n) is 14.5. The first-order valence-corrected chi connectivity index (χ1v) is 9.44. The van der Waals surface area contributed by atoms with Gasteiger partial charge < -0.3 is 19.9 Å². The van der Waals surface area contributed by atoms with Crippen molar-refractivity contribution >= 4 is 34.0 Å². The molecule has 0 bridgehead atoms. The van der Waals surface area contributed by atoms with Gasteiger partial charge in [-0.25, -0.2) is 4.98 Å². The van der Waals surface area contributed by atoms with E-state index in [9.17, 15) is 9.59 Å². The van der Waals surface area contributed by atoms with E-state index in [1.54, 1.807) is 36.8 Å². The summed E-state index contributed by atoms with van der Waals surface area (Å²) in [6, 6.07) is 5.44. The standard InChI is InChI=1S/C18H20N4O3S/c1-25-12-2-3-15-13(10-12)14(11-16(23)20-15)17(24)21-5-7-22(8-6-21)18-19-4-9-26-18/h2-4,9-10,14H,5-8,11H2,1H3,(H,20,23)/t14-/m0/s1. The second-order valence-corrected chi connectivity index (χ2v) is 7.26. The summed E-state index contributed by atoms with van der Waals surface area (Å²) in [5, 5.41) is 5.79. The van der Waals surface area contributed by atoms with Gasteiger partial charge in [0.05, 0.1) is 13.0 Å². The summed E-state index contributed by atoms with van der Waals surface area (Å²) in [7, 11) is 1.60. The molecule has 2 aromatic rings. The van der Waals surface area contributed by atoms with Crippen LogP contribution in [0.3, 0.4) is 0 Å². The average Bonchev–Trinajstić information content (AvgIpc) is 3.21. The Kier molecular flexibility index (Phi) is 4.50. The van der Waals surface area contributed by atoms with Crippen molar-refractivity contribution in [2.24, 2.45) is 0 Å². The third-order valence-corrected chi connectivity index (χ3v) is 5.71. The Balaban J connectivity index is 1.51. The van der Waals surface area contributed by atoms with Gasteiger partial charge in [0, 0.05) is 49.9 Å². The fourth-order valence-electron chi connectivity index (χ4n) is 3.50. The van der Waals surface area contributed by atoms with Gasteiger partial charge in [-0.2, -0.15) is 0 Å². The zero-order chi connectivity index (χ0) is 18.1. The number of fused-ring (bicyclic) bond motifs is 1. The van der Waals surface area contributed by atoms with Crippen molar-refractivity contribution in [2.75, 3.05) is 43.5 Å². The number of benzene rings is 1. The molecule has 1 aromatic heterocycles. The van der Waals surface area contributed by atoms with Crippen LogP contribution in [0.25, 0.3) is 0 Å². The van der Waals surface area contributed by atoms with Gasteiger partial charge in [0.25, 0.3) is 0 Å². The first-order valence-electron chi connectivity index (χ1n) is 8.56. The van der Waals surface area contributed by atoms with Gasteiger partial charge in [0.15, 0.2) is 5.13 Å². The third kappa shape index (κ3) is 3.12. The highest BCUT2D eigenvalue weighted by molar-refractivity contribution is 7.13. The fourth-order valence-corrected chi connectivity index (χ4v) is 4.19. The van der Waals surface area contributed by atoms with E-state index in [1.165, 1.54) is 0 Å². The Hall–Kier alpha value is -2.61. The van der Waals surface area contributed by atoms with Gasteiger partial charge in [-0.05, 0) is 23.8 Å². The quantitative estimate of drug-likeness (QED) is 0.891. The SMILES string of the molecule is COc1ccc2c(c1)[C@@H](C(=O)N1CCN(c3nccs3)CC1)CC(=O)N2. The minimum Gasteiger partial charge on any atom is -0.497 e. The molecular formula is C18H20N4O3S. The number of hydrogen-bond acceptors (Lipinski definition) is 6. The molecule has 2 amide bonds. The van der Waals surface area contributed by atoms with Crippen LogP contribution in [0.1, 0.15) is 17.9 Å². The number of nitrogens with zero attached hydrogens (tertiary/aromatic N) is 3. The molecule has 26 heavy (non-hydrogen) atoms. The lowest BCUT2D eigenvalue weighted by Crippen LogP contribution is -2.50. The summed E-state index contributed by atoms with van der Waals surface area (Å²) in [6.07, 6.45) is 1.97. The van der Waals surface area contributed by atoms with Gasteiger partial charge in [0.1, 0.15) is 5.75 Å². The summed E-state index contributed by atoms with van der Waals surface area (Å²) in [5.74, 6) is 0.113. The van der Waals surface area contributed by atoms with Crippen LogP contribution in [0.2, 0.25) is 0 Å². The number of methoxy groups -OCH3 is 1. The molecule has 3 heterocycles. The summed E-state index contributed by atoms with van der Waals surface area (Å²) in [5.41, 5.74) is 1.53. The Morgan fingerprint density at radius 1 is 1.31 bits per heavy atom. The van der Waals surface area contributed by atoms with E-state index < -0.39 is 5.92 Å². The van der Waals surface area contributed by atoms with Crippen molar-refractivity contribution in [1.82, 2.24) is 9.88 Å². The molecular weight excluding hydrogens is 352 g/mol. The molecule has 8 heteroatoms. The number of hydrogen-bond donors (Lipinski definition) is 1. The van der Waals surface area contributed by atoms with E-state index in [-0.39, 0.29) is 18.2 Å². The summed E-state index contributed by atoms with van der Waals surface area (Å²) < 4.78 is 5.29. The van der Waals surface area contributed by atoms with E-state index in [0.717, 1.165) is 23.8 Å². The Labute approximate surface area is 155 Å². The topological polar surface area (TPSA) is 74.8 Å². The van der Waals surface area contributed by atoms with Crippen LogP contribution in [0.5, 0.6) is 5.75 Å². The largest absolute Gasteiger partial charge is 0.497 e. The number of amides is 2. The van der Waals surface area contributed by atoms with Crippen LogP contribution in [-0.2, 0) is 9.59 Å². The van der Waals surface area contributed by atoms with E-state index in [1.807, 2.05) is 16.3 Å². The Morgan fingerprint density at radius 3 is 2.81 bits per heavy atom. The van der Waals surface area contributed by atoms with Crippen molar-refractivity contribution in [3.05, 3.63) is 35.3 Å². The van der Waals surface area contributed by atoms with Crippen LogP contribution < -0.4 is 15.0 Å². The lowest BCUT2D eigenvalue weighted by molar-refractivity contribution is -0.135. The number of rotatable bonds is 3. The van der Waals surface area contributed by atoms with Crippen molar-refractivity contribution in [3.8, 4) is 5.75 Å². The number of aromatic nitrogens is 1. The first-order chi connectivity index (χ1) is 12.7. The highest BCUT2D eigenvalue weighted by Crippen LogP contribution is 2.36. The molecule has 136 valence electrons. The maximum absolute atomic E-state index is 13.1. The van der Waals surface area contributed by atoms with Crippen molar-refractivity contribution in [1.29, 1.82) is 0 Å². The van der Waals surface area contributed by atoms with Gasteiger partial charge in [-0.1, -0.05) is 0 Å². The predicted octanol–water partition coefficient (Wildman–Crippen LogP) is 1.93. The van der Waals surface area contributed by atoms with E-state index in [0.29, 0.717) is 24.5 Å². The van der Waals surface area contributed by atoms with Crippen LogP contribution in [0, 0.1) is 0 Å². The van der Waals surface area contributed by atoms with Gasteiger partial charge in [-0.15, -0.1) is 11.3 Å². The molecule has 7 nitrogen and oxygen atoms in total. The maximum atomic E-state index is 13.1. The number of nitrogens with one attached hydrogen (secondary N) is 1. The van der Waals surface area contributed by atoms with Crippen LogP contribution >= 0.6 is 11.3 Å². The Bertz CT molecular complexity index is 816. The van der Waals surface area contributed by atoms with Gasteiger partial charge in [-0.3, -0.25) is 9.59 Å². The molecule has 1 N–H and O–H groups in total. The van der Waals surface area contributed by atoms with Crippen LogP contribution in [0.4, 0.5) is 10.8 Å². The molecule has 1 fully saturated rings. The average molecular weight is 372 g/mol. The van der Waals surface area contributed by atoms with Crippen molar-refractivity contribution in [3.63, 3.8) is 0 Å². The predicted molar refractivity (Wildman–Crippen MR) is 99.9 cm³/mol. The van der Waals surface area contributed by atoms with E-state index >= 15 is 0 Å². The fraction of sp³-hybridized carbons (Fsp3) is 0.389. The zero-order valence-corrected chi connectivity index (χ0v) is 15.3. The van der Waals surface area contributed by atoms with E-state index in [4.69, 9.17) is 4.74 Å². The number of thiazole rings is 1. The van der Waals surface area contributed by atoms with Crippen LogP contribution in [-0.4, -0.2) is 55.0 Å². The second kappa shape index (κ2) is 6.95. The third-order valence-electron chi connectivity index (χ3n) is 4.88. The molecule has 0 spiro atoms. The molecule has 1 aromatic carbocycles. The number of piperazine rings is 1. The lowest BCUT2D eigenvalue weighted by atomic mass is 9.89. The Morgan fingerprint density at radius 2 is 2.12 bits per heavy atom. The highest BCUT2D eigenvalue weighted by atomic mass is 32.1.